The molecule has 2 aromatic rings. The quantitative estimate of drug-likeness (QED) is 0.814. The number of carbonyl (C=O) groups excluding carboxylic acids is 1. The summed E-state index contributed by atoms with van der Waals surface area (Å²) in [6.07, 6.45) is 0. The molecule has 0 aliphatic carbocycles. The normalized spacial score (nSPS) is 11.8. The average molecular weight is 369 g/mol. The van der Waals surface area contributed by atoms with Crippen molar-refractivity contribution in [3.8, 4) is 5.75 Å². The lowest BCUT2D eigenvalue weighted by molar-refractivity contribution is -0.122. The lowest BCUT2D eigenvalue weighted by Crippen LogP contribution is -2.24. The van der Waals surface area contributed by atoms with Crippen LogP contribution >= 0.6 is 27.3 Å². The van der Waals surface area contributed by atoms with Gasteiger partial charge in [0, 0.05) is 23.7 Å². The van der Waals surface area contributed by atoms with Crippen LogP contribution < -0.4 is 15.4 Å². The summed E-state index contributed by atoms with van der Waals surface area (Å²) >= 11 is 5.18. The number of likely N-dealkylation sites (N-methyl/N-ethyl adjacent to an activating group) is 1. The molecule has 1 aromatic carbocycles. The van der Waals surface area contributed by atoms with E-state index in [4.69, 9.17) is 4.74 Å². The van der Waals surface area contributed by atoms with E-state index < -0.39 is 0 Å². The molecule has 1 amide bonds. The summed E-state index contributed by atoms with van der Waals surface area (Å²) in [5.74, 6) is 0.522. The molecule has 21 heavy (non-hydrogen) atoms. The van der Waals surface area contributed by atoms with Crippen molar-refractivity contribution in [1.29, 1.82) is 0 Å². The van der Waals surface area contributed by atoms with E-state index in [-0.39, 0.29) is 18.6 Å². The van der Waals surface area contributed by atoms with E-state index in [0.717, 1.165) is 9.47 Å². The maximum atomic E-state index is 11.2. The van der Waals surface area contributed by atoms with Crippen molar-refractivity contribution >= 4 is 38.9 Å². The number of anilines is 1. The molecule has 0 saturated heterocycles. The van der Waals surface area contributed by atoms with Gasteiger partial charge in [0.05, 0.1) is 9.83 Å². The predicted octanol–water partition coefficient (Wildman–Crippen LogP) is 3.81. The molecule has 2 rings (SSSR count). The van der Waals surface area contributed by atoms with Gasteiger partial charge in [0.2, 0.25) is 0 Å². The highest BCUT2D eigenvalue weighted by Crippen LogP contribution is 2.30. The Labute approximate surface area is 136 Å². The molecular weight excluding hydrogens is 352 g/mol. The summed E-state index contributed by atoms with van der Waals surface area (Å²) in [6.45, 7) is 2.13. The molecule has 1 unspecified atom stereocenters. The Bertz CT molecular complexity index is 615. The number of amides is 1. The maximum Gasteiger partial charge on any atom is 0.257 e. The van der Waals surface area contributed by atoms with Crippen LogP contribution in [0.1, 0.15) is 17.8 Å². The van der Waals surface area contributed by atoms with Crippen LogP contribution in [0.3, 0.4) is 0 Å². The van der Waals surface area contributed by atoms with Gasteiger partial charge >= 0.3 is 0 Å². The number of halogens is 1. The summed E-state index contributed by atoms with van der Waals surface area (Å²) in [7, 11) is 1.59. The van der Waals surface area contributed by atoms with Crippen molar-refractivity contribution < 1.29 is 9.53 Å². The van der Waals surface area contributed by atoms with Crippen molar-refractivity contribution in [1.82, 2.24) is 5.32 Å². The second-order valence-corrected chi connectivity index (χ2v) is 6.99. The van der Waals surface area contributed by atoms with E-state index in [9.17, 15) is 4.79 Å². The zero-order chi connectivity index (χ0) is 15.2. The van der Waals surface area contributed by atoms with Gasteiger partial charge in [-0.25, -0.2) is 0 Å². The third-order valence-corrected chi connectivity index (χ3v) is 4.69. The molecule has 0 aliphatic rings. The lowest BCUT2D eigenvalue weighted by Gasteiger charge is -2.14. The third kappa shape index (κ3) is 4.75. The summed E-state index contributed by atoms with van der Waals surface area (Å²) in [4.78, 5) is 12.4. The van der Waals surface area contributed by atoms with Crippen LogP contribution in [0.4, 0.5) is 5.69 Å². The minimum atomic E-state index is -0.148. The van der Waals surface area contributed by atoms with Gasteiger partial charge in [0.25, 0.3) is 5.91 Å². The zero-order valence-corrected chi connectivity index (χ0v) is 14.3. The molecule has 0 saturated carbocycles. The molecule has 1 heterocycles. The predicted molar refractivity (Wildman–Crippen MR) is 90.1 cm³/mol. The monoisotopic (exact) mass is 368 g/mol. The first-order chi connectivity index (χ1) is 10.1. The molecule has 4 nitrogen and oxygen atoms in total. The van der Waals surface area contributed by atoms with E-state index in [1.54, 1.807) is 18.4 Å². The number of thiophene rings is 1. The molecule has 0 bridgehead atoms. The molecule has 1 aromatic heterocycles. The number of benzene rings is 1. The maximum absolute atomic E-state index is 11.2. The lowest BCUT2D eigenvalue weighted by atomic mass is 10.2. The number of ether oxygens (including phenoxy) is 1. The van der Waals surface area contributed by atoms with Crippen LogP contribution in [0.5, 0.6) is 5.75 Å². The zero-order valence-electron chi connectivity index (χ0n) is 11.9. The van der Waals surface area contributed by atoms with Crippen molar-refractivity contribution in [2.24, 2.45) is 0 Å². The smallest absolute Gasteiger partial charge is 0.257 e. The van der Waals surface area contributed by atoms with Gasteiger partial charge < -0.3 is 15.4 Å². The van der Waals surface area contributed by atoms with Crippen molar-refractivity contribution in [3.05, 3.63) is 45.1 Å². The van der Waals surface area contributed by atoms with Crippen LogP contribution in [-0.4, -0.2) is 19.6 Å². The number of nitrogens with one attached hydrogen (secondary N) is 2. The molecular formula is C15H17BrN2O2S. The van der Waals surface area contributed by atoms with Gasteiger partial charge in [-0.2, -0.15) is 0 Å². The van der Waals surface area contributed by atoms with E-state index in [0.29, 0.717) is 5.75 Å². The number of hydrogen-bond donors (Lipinski definition) is 2. The first-order valence-electron chi connectivity index (χ1n) is 6.53. The minimum absolute atomic E-state index is 0.0212. The molecule has 112 valence electrons. The first-order valence-corrected chi connectivity index (χ1v) is 8.14. The Morgan fingerprint density at radius 2 is 2.19 bits per heavy atom. The Hall–Kier alpha value is -1.53. The van der Waals surface area contributed by atoms with Crippen molar-refractivity contribution in [2.45, 2.75) is 13.0 Å². The minimum Gasteiger partial charge on any atom is -0.484 e. The molecule has 1 atom stereocenters. The second-order valence-electron chi connectivity index (χ2n) is 4.50. The van der Waals surface area contributed by atoms with Crippen LogP contribution in [0.15, 0.2) is 40.2 Å². The van der Waals surface area contributed by atoms with Gasteiger partial charge in [-0.05, 0) is 47.1 Å². The Morgan fingerprint density at radius 1 is 1.38 bits per heavy atom. The van der Waals surface area contributed by atoms with Crippen LogP contribution in [0.2, 0.25) is 0 Å². The fourth-order valence-corrected chi connectivity index (χ4v) is 3.20. The number of carbonyl (C=O) groups is 1. The van der Waals surface area contributed by atoms with Gasteiger partial charge in [-0.3, -0.25) is 4.79 Å². The topological polar surface area (TPSA) is 50.4 Å². The first kappa shape index (κ1) is 15.9. The summed E-state index contributed by atoms with van der Waals surface area (Å²) < 4.78 is 6.55. The standard InChI is InChI=1S/C15H17BrN2O2S/c1-10(13-6-7-14(16)21-13)18-11-4-3-5-12(8-11)20-9-15(19)17-2/h3-8,10,18H,9H2,1-2H3,(H,17,19). The third-order valence-electron chi connectivity index (χ3n) is 2.89. The van der Waals surface area contributed by atoms with Gasteiger partial charge in [0.15, 0.2) is 6.61 Å². The molecule has 0 fully saturated rings. The molecule has 0 radical (unpaired) electrons. The summed E-state index contributed by atoms with van der Waals surface area (Å²) in [6, 6.07) is 11.9. The van der Waals surface area contributed by atoms with Crippen LogP contribution in [-0.2, 0) is 4.79 Å². The highest BCUT2D eigenvalue weighted by molar-refractivity contribution is 9.11. The number of hydrogen-bond acceptors (Lipinski definition) is 4. The Kier molecular flexibility index (Phi) is 5.64. The second kappa shape index (κ2) is 7.47. The Morgan fingerprint density at radius 3 is 2.86 bits per heavy atom. The fraction of sp³-hybridized carbons (Fsp3) is 0.267. The largest absolute Gasteiger partial charge is 0.484 e. The van der Waals surface area contributed by atoms with Gasteiger partial charge in [-0.15, -0.1) is 11.3 Å². The van der Waals surface area contributed by atoms with Gasteiger partial charge in [-0.1, -0.05) is 6.07 Å². The summed E-state index contributed by atoms with van der Waals surface area (Å²) in [5, 5.41) is 5.95. The molecule has 6 heteroatoms. The summed E-state index contributed by atoms with van der Waals surface area (Å²) in [5.41, 5.74) is 0.960. The van der Waals surface area contributed by atoms with Gasteiger partial charge in [0.1, 0.15) is 5.75 Å². The fourth-order valence-electron chi connectivity index (χ4n) is 1.78. The Balaban J connectivity index is 1.98. The van der Waals surface area contributed by atoms with E-state index in [1.165, 1.54) is 4.88 Å². The molecule has 0 aliphatic heterocycles. The van der Waals surface area contributed by atoms with Crippen LogP contribution in [0.25, 0.3) is 0 Å². The van der Waals surface area contributed by atoms with E-state index in [1.807, 2.05) is 30.3 Å². The molecule has 2 N–H and O–H groups in total. The number of rotatable bonds is 6. The SMILES string of the molecule is CNC(=O)COc1cccc(NC(C)c2ccc(Br)s2)c1. The highest BCUT2D eigenvalue weighted by atomic mass is 79.9. The average Bonchev–Trinajstić information content (AvgIpc) is 2.92. The van der Waals surface area contributed by atoms with E-state index >= 15 is 0 Å². The van der Waals surface area contributed by atoms with Crippen LogP contribution in [0, 0.1) is 0 Å². The highest BCUT2D eigenvalue weighted by Gasteiger charge is 2.08. The molecule has 0 spiro atoms. The van der Waals surface area contributed by atoms with E-state index in [2.05, 4.69) is 39.6 Å². The van der Waals surface area contributed by atoms with Crippen molar-refractivity contribution in [3.63, 3.8) is 0 Å². The van der Waals surface area contributed by atoms with Crippen molar-refractivity contribution in [2.75, 3.05) is 19.0 Å².